The predicted molar refractivity (Wildman–Crippen MR) is 79.1 cm³/mol. The third kappa shape index (κ3) is 2.01. The minimum absolute atomic E-state index is 0.406. The number of hydrogen-bond acceptors (Lipinski definition) is 6. The van der Waals surface area contributed by atoms with Gasteiger partial charge in [0.05, 0.1) is 11.2 Å². The Kier molecular flexibility index (Phi) is 2.83. The van der Waals surface area contributed by atoms with E-state index in [0.29, 0.717) is 11.7 Å². The van der Waals surface area contributed by atoms with Gasteiger partial charge in [-0.15, -0.1) is 0 Å². The van der Waals surface area contributed by atoms with Crippen molar-refractivity contribution in [2.75, 3.05) is 0 Å². The van der Waals surface area contributed by atoms with E-state index in [1.54, 1.807) is 11.0 Å². The molecule has 1 aliphatic rings. The van der Waals surface area contributed by atoms with Gasteiger partial charge in [0, 0.05) is 5.56 Å². The average Bonchev–Trinajstić information content (AvgIpc) is 3.16. The molecule has 2 heterocycles. The molecule has 7 nitrogen and oxygen atoms in total. The van der Waals surface area contributed by atoms with Crippen LogP contribution >= 0.6 is 0 Å². The SMILES string of the molecule is Cc1cc(-n2cncn2)ccc1-c1nc(C2(N)CCC2)no1. The van der Waals surface area contributed by atoms with Crippen molar-refractivity contribution in [2.45, 2.75) is 31.7 Å². The number of nitrogens with two attached hydrogens (primary N) is 1. The molecule has 3 aromatic rings. The first-order valence-corrected chi connectivity index (χ1v) is 7.25. The molecule has 0 saturated heterocycles. The van der Waals surface area contributed by atoms with Crippen molar-refractivity contribution in [3.63, 3.8) is 0 Å². The molecule has 0 unspecified atom stereocenters. The Hall–Kier alpha value is -2.54. The highest BCUT2D eigenvalue weighted by Crippen LogP contribution is 2.38. The van der Waals surface area contributed by atoms with E-state index >= 15 is 0 Å². The van der Waals surface area contributed by atoms with Crippen LogP contribution in [0.15, 0.2) is 35.4 Å². The van der Waals surface area contributed by atoms with Gasteiger partial charge in [-0.2, -0.15) is 10.1 Å². The van der Waals surface area contributed by atoms with Crippen LogP contribution in [0.3, 0.4) is 0 Å². The maximum absolute atomic E-state index is 6.24. The van der Waals surface area contributed by atoms with E-state index in [1.807, 2.05) is 25.1 Å². The van der Waals surface area contributed by atoms with Gasteiger partial charge in [-0.3, -0.25) is 0 Å². The number of benzene rings is 1. The fourth-order valence-corrected chi connectivity index (χ4v) is 2.69. The lowest BCUT2D eigenvalue weighted by Gasteiger charge is -2.34. The van der Waals surface area contributed by atoms with E-state index in [1.165, 1.54) is 6.33 Å². The first kappa shape index (κ1) is 13.1. The number of aromatic nitrogens is 5. The van der Waals surface area contributed by atoms with Crippen LogP contribution in [0.1, 0.15) is 30.7 Å². The van der Waals surface area contributed by atoms with Gasteiger partial charge in [0.1, 0.15) is 12.7 Å². The van der Waals surface area contributed by atoms with Crippen LogP contribution < -0.4 is 5.73 Å². The number of aryl methyl sites for hydroxylation is 1. The summed E-state index contributed by atoms with van der Waals surface area (Å²) in [6, 6.07) is 5.91. The van der Waals surface area contributed by atoms with E-state index in [9.17, 15) is 0 Å². The van der Waals surface area contributed by atoms with Gasteiger partial charge in [0.25, 0.3) is 5.89 Å². The van der Waals surface area contributed by atoms with Crippen LogP contribution in [0.5, 0.6) is 0 Å². The fraction of sp³-hybridized carbons (Fsp3) is 0.333. The number of nitrogens with zero attached hydrogens (tertiary/aromatic N) is 5. The highest BCUT2D eigenvalue weighted by molar-refractivity contribution is 5.61. The fourth-order valence-electron chi connectivity index (χ4n) is 2.69. The van der Waals surface area contributed by atoms with Gasteiger partial charge in [0.15, 0.2) is 5.82 Å². The molecule has 7 heteroatoms. The normalized spacial score (nSPS) is 16.5. The molecule has 0 spiro atoms. The Morgan fingerprint density at radius 2 is 2.18 bits per heavy atom. The van der Waals surface area contributed by atoms with Gasteiger partial charge < -0.3 is 10.3 Å². The molecular weight excluding hydrogens is 280 g/mol. The Labute approximate surface area is 127 Å². The van der Waals surface area contributed by atoms with Crippen LogP contribution in [0.25, 0.3) is 17.1 Å². The molecule has 0 bridgehead atoms. The molecule has 0 amide bonds. The molecular formula is C15H16N6O. The second-order valence-corrected chi connectivity index (χ2v) is 5.77. The van der Waals surface area contributed by atoms with Crippen molar-refractivity contribution in [2.24, 2.45) is 5.73 Å². The summed E-state index contributed by atoms with van der Waals surface area (Å²) in [7, 11) is 0. The molecule has 1 fully saturated rings. The lowest BCUT2D eigenvalue weighted by atomic mass is 9.77. The lowest BCUT2D eigenvalue weighted by molar-refractivity contribution is 0.229. The summed E-state index contributed by atoms with van der Waals surface area (Å²) < 4.78 is 7.12. The summed E-state index contributed by atoms with van der Waals surface area (Å²) in [5.41, 5.74) is 8.71. The van der Waals surface area contributed by atoms with Crippen molar-refractivity contribution in [1.29, 1.82) is 0 Å². The quantitative estimate of drug-likeness (QED) is 0.793. The molecule has 0 aliphatic heterocycles. The molecule has 0 atom stereocenters. The largest absolute Gasteiger partial charge is 0.334 e. The molecule has 2 aromatic heterocycles. The third-order valence-corrected chi connectivity index (χ3v) is 4.24. The highest BCUT2D eigenvalue weighted by atomic mass is 16.5. The maximum atomic E-state index is 6.24. The van der Waals surface area contributed by atoms with Crippen LogP contribution in [-0.4, -0.2) is 24.9 Å². The Balaban J connectivity index is 1.68. The van der Waals surface area contributed by atoms with Crippen molar-refractivity contribution in [3.05, 3.63) is 42.2 Å². The van der Waals surface area contributed by atoms with E-state index in [0.717, 1.165) is 36.1 Å². The summed E-state index contributed by atoms with van der Waals surface area (Å²) in [5.74, 6) is 1.11. The maximum Gasteiger partial charge on any atom is 0.258 e. The van der Waals surface area contributed by atoms with Gasteiger partial charge in [0.2, 0.25) is 0 Å². The number of rotatable bonds is 3. The van der Waals surface area contributed by atoms with Crippen LogP contribution in [0.4, 0.5) is 0 Å². The monoisotopic (exact) mass is 296 g/mol. The van der Waals surface area contributed by atoms with Gasteiger partial charge in [-0.05, 0) is 49.9 Å². The third-order valence-electron chi connectivity index (χ3n) is 4.24. The molecule has 22 heavy (non-hydrogen) atoms. The zero-order valence-corrected chi connectivity index (χ0v) is 12.2. The second-order valence-electron chi connectivity index (χ2n) is 5.77. The standard InChI is InChI=1S/C15H16N6O/c1-10-7-11(21-9-17-8-18-21)3-4-12(10)13-19-14(20-22-13)15(16)5-2-6-15/h3-4,7-9H,2,5-6,16H2,1H3. The summed E-state index contributed by atoms with van der Waals surface area (Å²) in [6.45, 7) is 2.00. The Morgan fingerprint density at radius 1 is 1.32 bits per heavy atom. The highest BCUT2D eigenvalue weighted by Gasteiger charge is 2.39. The van der Waals surface area contributed by atoms with E-state index in [-0.39, 0.29) is 0 Å². The van der Waals surface area contributed by atoms with Crippen LogP contribution in [0, 0.1) is 6.92 Å². The smallest absolute Gasteiger partial charge is 0.258 e. The average molecular weight is 296 g/mol. The minimum atomic E-state index is -0.406. The Morgan fingerprint density at radius 3 is 2.82 bits per heavy atom. The summed E-state index contributed by atoms with van der Waals surface area (Å²) in [4.78, 5) is 8.44. The predicted octanol–water partition coefficient (Wildman–Crippen LogP) is 1.96. The zero-order chi connectivity index (χ0) is 15.2. The lowest BCUT2D eigenvalue weighted by Crippen LogP contribution is -2.44. The van der Waals surface area contributed by atoms with E-state index in [2.05, 4.69) is 20.2 Å². The molecule has 1 aromatic carbocycles. The number of hydrogen-bond donors (Lipinski definition) is 1. The first-order chi connectivity index (χ1) is 10.7. The first-order valence-electron chi connectivity index (χ1n) is 7.25. The van der Waals surface area contributed by atoms with Gasteiger partial charge in [-0.1, -0.05) is 5.16 Å². The Bertz CT molecular complexity index is 803. The summed E-state index contributed by atoms with van der Waals surface area (Å²) >= 11 is 0. The molecule has 112 valence electrons. The van der Waals surface area contributed by atoms with E-state index < -0.39 is 5.54 Å². The zero-order valence-electron chi connectivity index (χ0n) is 12.2. The molecule has 4 rings (SSSR count). The molecule has 1 saturated carbocycles. The molecule has 1 aliphatic carbocycles. The van der Waals surface area contributed by atoms with Crippen LogP contribution in [0.2, 0.25) is 0 Å². The molecule has 2 N–H and O–H groups in total. The topological polar surface area (TPSA) is 95.7 Å². The van der Waals surface area contributed by atoms with Crippen molar-refractivity contribution < 1.29 is 4.52 Å². The van der Waals surface area contributed by atoms with Crippen LogP contribution in [-0.2, 0) is 5.54 Å². The van der Waals surface area contributed by atoms with Crippen molar-refractivity contribution >= 4 is 0 Å². The van der Waals surface area contributed by atoms with Crippen molar-refractivity contribution in [1.82, 2.24) is 24.9 Å². The van der Waals surface area contributed by atoms with Gasteiger partial charge in [-0.25, -0.2) is 9.67 Å². The van der Waals surface area contributed by atoms with Crippen molar-refractivity contribution in [3.8, 4) is 17.1 Å². The van der Waals surface area contributed by atoms with E-state index in [4.69, 9.17) is 10.3 Å². The second kappa shape index (κ2) is 4.74. The molecule has 0 radical (unpaired) electrons. The summed E-state index contributed by atoms with van der Waals surface area (Å²) in [5, 5.41) is 8.18. The minimum Gasteiger partial charge on any atom is -0.334 e. The van der Waals surface area contributed by atoms with Gasteiger partial charge >= 0.3 is 0 Å². The summed E-state index contributed by atoms with van der Waals surface area (Å²) in [6.07, 6.45) is 6.11.